The van der Waals surface area contributed by atoms with Gasteiger partial charge in [-0.2, -0.15) is 4.98 Å². The van der Waals surface area contributed by atoms with Crippen LogP contribution < -0.4 is 4.74 Å². The second kappa shape index (κ2) is 6.92. The van der Waals surface area contributed by atoms with Crippen LogP contribution in [0.2, 0.25) is 0 Å². The van der Waals surface area contributed by atoms with Crippen LogP contribution in [0.1, 0.15) is 32.1 Å². The molecule has 1 fully saturated rings. The highest BCUT2D eigenvalue weighted by Gasteiger charge is 2.25. The average molecular weight is 301 g/mol. The van der Waals surface area contributed by atoms with E-state index in [0.29, 0.717) is 11.7 Å². The van der Waals surface area contributed by atoms with Crippen molar-refractivity contribution in [1.82, 2.24) is 15.0 Å². The highest BCUT2D eigenvalue weighted by molar-refractivity contribution is 5.55. The highest BCUT2D eigenvalue weighted by atomic mass is 16.5. The molecule has 1 aromatic carbocycles. The van der Waals surface area contributed by atoms with Crippen molar-refractivity contribution in [3.63, 3.8) is 0 Å². The monoisotopic (exact) mass is 301 g/mol. The number of methoxy groups -OCH3 is 1. The maximum Gasteiger partial charge on any atom is 0.241 e. The van der Waals surface area contributed by atoms with Crippen molar-refractivity contribution >= 4 is 0 Å². The van der Waals surface area contributed by atoms with E-state index in [9.17, 15) is 0 Å². The van der Waals surface area contributed by atoms with Crippen LogP contribution in [0.4, 0.5) is 0 Å². The van der Waals surface area contributed by atoms with Gasteiger partial charge in [0.05, 0.1) is 13.7 Å². The van der Waals surface area contributed by atoms with Crippen molar-refractivity contribution in [1.29, 1.82) is 0 Å². The van der Waals surface area contributed by atoms with E-state index in [1.54, 1.807) is 7.11 Å². The summed E-state index contributed by atoms with van der Waals surface area (Å²) in [6, 6.07) is 7.70. The summed E-state index contributed by atoms with van der Waals surface area (Å²) in [7, 11) is 1.66. The van der Waals surface area contributed by atoms with E-state index in [1.807, 2.05) is 24.3 Å². The summed E-state index contributed by atoms with van der Waals surface area (Å²) in [6.07, 6.45) is 3.87. The first-order valence-corrected chi connectivity index (χ1v) is 7.98. The molecule has 0 saturated heterocycles. The van der Waals surface area contributed by atoms with Gasteiger partial charge in [-0.25, -0.2) is 0 Å². The number of nitrogens with zero attached hydrogens (tertiary/aromatic N) is 3. The molecule has 1 heterocycles. The van der Waals surface area contributed by atoms with E-state index in [2.05, 4.69) is 22.0 Å². The van der Waals surface area contributed by atoms with E-state index in [4.69, 9.17) is 9.26 Å². The Morgan fingerprint density at radius 3 is 2.68 bits per heavy atom. The lowest BCUT2D eigenvalue weighted by molar-refractivity contribution is 0.219. The van der Waals surface area contributed by atoms with Crippen LogP contribution in [0.5, 0.6) is 5.75 Å². The second-order valence-corrected chi connectivity index (χ2v) is 5.92. The lowest BCUT2D eigenvalue weighted by Gasteiger charge is -2.18. The highest BCUT2D eigenvalue weighted by Crippen LogP contribution is 2.30. The maximum atomic E-state index is 5.42. The van der Waals surface area contributed by atoms with E-state index in [0.717, 1.165) is 43.3 Å². The topological polar surface area (TPSA) is 51.4 Å². The molecule has 22 heavy (non-hydrogen) atoms. The maximum absolute atomic E-state index is 5.42. The van der Waals surface area contributed by atoms with Gasteiger partial charge in [-0.15, -0.1) is 0 Å². The smallest absolute Gasteiger partial charge is 0.241 e. The van der Waals surface area contributed by atoms with E-state index < -0.39 is 0 Å². The van der Waals surface area contributed by atoms with Crippen LogP contribution >= 0.6 is 0 Å². The van der Waals surface area contributed by atoms with Gasteiger partial charge >= 0.3 is 0 Å². The standard InChI is InChI=1S/C17H23N3O2/c1-3-10-20(11-13-4-5-13)12-16-18-17(19-22-16)14-6-8-15(21-2)9-7-14/h6-9,13H,3-5,10-12H2,1-2H3. The molecule has 3 rings (SSSR count). The summed E-state index contributed by atoms with van der Waals surface area (Å²) in [5.74, 6) is 3.03. The summed E-state index contributed by atoms with van der Waals surface area (Å²) in [4.78, 5) is 6.95. The Bertz CT molecular complexity index is 590. The van der Waals surface area contributed by atoms with Crippen LogP contribution in [-0.2, 0) is 6.54 Å². The predicted molar refractivity (Wildman–Crippen MR) is 84.6 cm³/mol. The molecule has 0 bridgehead atoms. The van der Waals surface area contributed by atoms with Gasteiger partial charge in [-0.3, -0.25) is 4.90 Å². The van der Waals surface area contributed by atoms with Crippen LogP contribution in [0.15, 0.2) is 28.8 Å². The molecule has 1 aromatic heterocycles. The van der Waals surface area contributed by atoms with Crippen molar-refractivity contribution in [2.75, 3.05) is 20.2 Å². The number of aromatic nitrogens is 2. The third kappa shape index (κ3) is 3.85. The first kappa shape index (κ1) is 15.0. The number of rotatable bonds is 8. The van der Waals surface area contributed by atoms with Crippen LogP contribution in [0, 0.1) is 5.92 Å². The van der Waals surface area contributed by atoms with Crippen molar-refractivity contribution < 1.29 is 9.26 Å². The van der Waals surface area contributed by atoms with Crippen LogP contribution in [0.3, 0.4) is 0 Å². The normalized spacial score (nSPS) is 14.5. The summed E-state index contributed by atoms with van der Waals surface area (Å²) in [5, 5.41) is 4.10. The van der Waals surface area contributed by atoms with Gasteiger partial charge in [0.2, 0.25) is 11.7 Å². The summed E-state index contributed by atoms with van der Waals surface area (Å²) >= 11 is 0. The van der Waals surface area contributed by atoms with Gasteiger partial charge in [0.15, 0.2) is 0 Å². The summed E-state index contributed by atoms with van der Waals surface area (Å²) in [6.45, 7) is 5.18. The number of hydrogen-bond acceptors (Lipinski definition) is 5. The predicted octanol–water partition coefficient (Wildman–Crippen LogP) is 3.37. The number of benzene rings is 1. The third-order valence-electron chi connectivity index (χ3n) is 3.93. The average Bonchev–Trinajstić information content (AvgIpc) is 3.23. The minimum absolute atomic E-state index is 0.639. The summed E-state index contributed by atoms with van der Waals surface area (Å²) in [5.41, 5.74) is 0.944. The fourth-order valence-corrected chi connectivity index (χ4v) is 2.58. The zero-order valence-electron chi connectivity index (χ0n) is 13.3. The molecule has 1 aliphatic carbocycles. The fourth-order valence-electron chi connectivity index (χ4n) is 2.58. The lowest BCUT2D eigenvalue weighted by Crippen LogP contribution is -2.26. The Morgan fingerprint density at radius 2 is 2.05 bits per heavy atom. The Balaban J connectivity index is 1.66. The molecule has 0 atom stereocenters. The van der Waals surface area contributed by atoms with E-state index in [1.165, 1.54) is 12.8 Å². The van der Waals surface area contributed by atoms with Gasteiger partial charge in [0.1, 0.15) is 5.75 Å². The van der Waals surface area contributed by atoms with Gasteiger partial charge in [-0.05, 0) is 56.0 Å². The molecule has 0 spiro atoms. The lowest BCUT2D eigenvalue weighted by atomic mass is 10.2. The molecular weight excluding hydrogens is 278 g/mol. The minimum atomic E-state index is 0.639. The largest absolute Gasteiger partial charge is 0.497 e. The first-order valence-electron chi connectivity index (χ1n) is 7.98. The zero-order valence-corrected chi connectivity index (χ0v) is 13.3. The molecule has 0 aliphatic heterocycles. The molecule has 5 nitrogen and oxygen atoms in total. The van der Waals surface area contributed by atoms with Gasteiger partial charge < -0.3 is 9.26 Å². The summed E-state index contributed by atoms with van der Waals surface area (Å²) < 4.78 is 10.6. The first-order chi connectivity index (χ1) is 10.8. The van der Waals surface area contributed by atoms with Crippen molar-refractivity contribution in [2.24, 2.45) is 5.92 Å². The Kier molecular flexibility index (Phi) is 4.73. The van der Waals surface area contributed by atoms with Gasteiger partial charge in [-0.1, -0.05) is 12.1 Å². The van der Waals surface area contributed by atoms with E-state index >= 15 is 0 Å². The zero-order chi connectivity index (χ0) is 15.4. The fraction of sp³-hybridized carbons (Fsp3) is 0.529. The molecular formula is C17H23N3O2. The number of hydrogen-bond donors (Lipinski definition) is 0. The van der Waals surface area contributed by atoms with Gasteiger partial charge in [0.25, 0.3) is 0 Å². The van der Waals surface area contributed by atoms with Crippen molar-refractivity contribution in [3.8, 4) is 17.1 Å². The van der Waals surface area contributed by atoms with Gasteiger partial charge in [0, 0.05) is 12.1 Å². The molecule has 0 N–H and O–H groups in total. The minimum Gasteiger partial charge on any atom is -0.497 e. The molecule has 2 aromatic rings. The van der Waals surface area contributed by atoms with E-state index in [-0.39, 0.29) is 0 Å². The Labute approximate surface area is 131 Å². The van der Waals surface area contributed by atoms with Crippen molar-refractivity contribution in [2.45, 2.75) is 32.7 Å². The molecule has 0 unspecified atom stereocenters. The quantitative estimate of drug-likeness (QED) is 0.748. The molecule has 0 amide bonds. The molecule has 5 heteroatoms. The molecule has 0 radical (unpaired) electrons. The molecule has 1 aliphatic rings. The molecule has 1 saturated carbocycles. The van der Waals surface area contributed by atoms with Crippen LogP contribution in [0.25, 0.3) is 11.4 Å². The second-order valence-electron chi connectivity index (χ2n) is 5.92. The SMILES string of the molecule is CCCN(Cc1nc(-c2ccc(OC)cc2)no1)CC1CC1. The Hall–Kier alpha value is -1.88. The van der Waals surface area contributed by atoms with Crippen molar-refractivity contribution in [3.05, 3.63) is 30.2 Å². The third-order valence-corrected chi connectivity index (χ3v) is 3.93. The number of ether oxygens (including phenoxy) is 1. The Morgan fingerprint density at radius 1 is 1.27 bits per heavy atom. The molecule has 118 valence electrons. The van der Waals surface area contributed by atoms with Crippen LogP contribution in [-0.4, -0.2) is 35.2 Å².